The maximum atomic E-state index is 13.6. The fraction of sp³-hybridized carbons (Fsp3) is 0.250. The second-order valence-electron chi connectivity index (χ2n) is 3.90. The molecule has 19 heavy (non-hydrogen) atoms. The van der Waals surface area contributed by atoms with E-state index in [9.17, 15) is 22.4 Å². The summed E-state index contributed by atoms with van der Waals surface area (Å²) in [5.41, 5.74) is 0.384. The maximum absolute atomic E-state index is 13.6. The Morgan fingerprint density at radius 1 is 1.32 bits per heavy atom. The fourth-order valence-corrected chi connectivity index (χ4v) is 1.70. The Morgan fingerprint density at radius 3 is 2.74 bits per heavy atom. The number of Topliss-reactive ketones (excluding diaryl/α,β-unsaturated/α-hetero) is 1. The van der Waals surface area contributed by atoms with Crippen molar-refractivity contribution in [3.8, 4) is 0 Å². The number of benzene rings is 1. The molecule has 0 unspecified atom stereocenters. The lowest BCUT2D eigenvalue weighted by atomic mass is 10.1. The summed E-state index contributed by atoms with van der Waals surface area (Å²) in [6.07, 6.45) is -3.24. The molecule has 0 aliphatic rings. The van der Waals surface area contributed by atoms with Crippen molar-refractivity contribution in [2.45, 2.75) is 6.18 Å². The van der Waals surface area contributed by atoms with Crippen LogP contribution < -0.4 is 0 Å². The van der Waals surface area contributed by atoms with Crippen LogP contribution in [0.5, 0.6) is 0 Å². The van der Waals surface area contributed by atoms with Crippen molar-refractivity contribution in [3.05, 3.63) is 35.8 Å². The van der Waals surface area contributed by atoms with Gasteiger partial charge in [0.2, 0.25) is 0 Å². The predicted octanol–water partition coefficient (Wildman–Crippen LogP) is 3.07. The molecule has 0 amide bonds. The monoisotopic (exact) mass is 275 g/mol. The van der Waals surface area contributed by atoms with E-state index < -0.39 is 31.0 Å². The molecular formula is C12H9F4NO2. The van der Waals surface area contributed by atoms with Gasteiger partial charge >= 0.3 is 6.18 Å². The number of aromatic amines is 1. The first-order chi connectivity index (χ1) is 8.88. The number of alkyl halides is 3. The van der Waals surface area contributed by atoms with Crippen LogP contribution in [-0.2, 0) is 4.74 Å². The Morgan fingerprint density at radius 2 is 2.05 bits per heavy atom. The van der Waals surface area contributed by atoms with Crippen LogP contribution in [0.15, 0.2) is 24.4 Å². The van der Waals surface area contributed by atoms with Gasteiger partial charge in [0, 0.05) is 22.7 Å². The molecule has 0 spiro atoms. The van der Waals surface area contributed by atoms with Crippen molar-refractivity contribution < 1.29 is 27.1 Å². The molecular weight excluding hydrogens is 266 g/mol. The van der Waals surface area contributed by atoms with Crippen LogP contribution in [0.3, 0.4) is 0 Å². The Bertz CT molecular complexity index is 603. The normalized spacial score (nSPS) is 12.0. The van der Waals surface area contributed by atoms with E-state index in [0.717, 1.165) is 0 Å². The Labute approximate surface area is 105 Å². The molecule has 102 valence electrons. The first kappa shape index (κ1) is 13.5. The van der Waals surface area contributed by atoms with Crippen LogP contribution in [-0.4, -0.2) is 30.2 Å². The fourth-order valence-electron chi connectivity index (χ4n) is 1.70. The van der Waals surface area contributed by atoms with Gasteiger partial charge in [-0.2, -0.15) is 13.2 Å². The quantitative estimate of drug-likeness (QED) is 0.688. The zero-order chi connectivity index (χ0) is 14.0. The van der Waals surface area contributed by atoms with Gasteiger partial charge in [-0.05, 0) is 12.1 Å². The number of ether oxygens (including phenoxy) is 1. The molecule has 7 heteroatoms. The number of ketones is 1. The summed E-state index contributed by atoms with van der Waals surface area (Å²) < 4.78 is 53.4. The lowest BCUT2D eigenvalue weighted by Gasteiger charge is -2.06. The number of H-pyrrole nitrogens is 1. The Balaban J connectivity index is 2.14. The van der Waals surface area contributed by atoms with Gasteiger partial charge < -0.3 is 9.72 Å². The third kappa shape index (κ3) is 3.11. The summed E-state index contributed by atoms with van der Waals surface area (Å²) in [5, 5.41) is 0.0584. The number of rotatable bonds is 4. The molecule has 0 aliphatic carbocycles. The zero-order valence-electron chi connectivity index (χ0n) is 9.55. The topological polar surface area (TPSA) is 42.1 Å². The van der Waals surface area contributed by atoms with Crippen molar-refractivity contribution >= 4 is 16.7 Å². The summed E-state index contributed by atoms with van der Waals surface area (Å²) >= 11 is 0. The van der Waals surface area contributed by atoms with Crippen LogP contribution in [0.1, 0.15) is 10.4 Å². The molecule has 0 aliphatic heterocycles. The number of carbonyl (C=O) groups excluding carboxylic acids is 1. The standard InChI is InChI=1S/C12H9F4NO2/c13-8-2-1-3-9-11(8)7(4-17-9)10(18)5-19-6-12(14,15)16/h1-4,17H,5-6H2. The van der Waals surface area contributed by atoms with E-state index in [2.05, 4.69) is 9.72 Å². The van der Waals surface area contributed by atoms with Crippen molar-refractivity contribution in [1.82, 2.24) is 4.98 Å². The smallest absolute Gasteiger partial charge is 0.364 e. The number of aromatic nitrogens is 1. The summed E-state index contributed by atoms with van der Waals surface area (Å²) in [7, 11) is 0. The van der Waals surface area contributed by atoms with Gasteiger partial charge in [0.15, 0.2) is 5.78 Å². The minimum atomic E-state index is -4.49. The van der Waals surface area contributed by atoms with Crippen LogP contribution in [0.2, 0.25) is 0 Å². The van der Waals surface area contributed by atoms with Crippen LogP contribution in [0, 0.1) is 5.82 Å². The molecule has 1 heterocycles. The molecule has 2 aromatic rings. The number of hydrogen-bond acceptors (Lipinski definition) is 2. The molecule has 0 fully saturated rings. The third-order valence-corrected chi connectivity index (χ3v) is 2.45. The Hall–Kier alpha value is -1.89. The third-order valence-electron chi connectivity index (χ3n) is 2.45. The minimum Gasteiger partial charge on any atom is -0.364 e. The summed E-state index contributed by atoms with van der Waals surface area (Å²) in [5.74, 6) is -1.32. The Kier molecular flexibility index (Phi) is 3.57. The van der Waals surface area contributed by atoms with E-state index in [1.165, 1.54) is 18.3 Å². The second kappa shape index (κ2) is 5.00. The second-order valence-corrected chi connectivity index (χ2v) is 3.90. The van der Waals surface area contributed by atoms with Gasteiger partial charge in [-0.3, -0.25) is 4.79 Å². The van der Waals surface area contributed by atoms with Gasteiger partial charge in [-0.15, -0.1) is 0 Å². The first-order valence-electron chi connectivity index (χ1n) is 5.32. The number of nitrogens with one attached hydrogen (secondary N) is 1. The lowest BCUT2D eigenvalue weighted by molar-refractivity contribution is -0.170. The maximum Gasteiger partial charge on any atom is 0.411 e. The molecule has 3 nitrogen and oxygen atoms in total. The van der Waals surface area contributed by atoms with Crippen molar-refractivity contribution in [1.29, 1.82) is 0 Å². The van der Waals surface area contributed by atoms with E-state index in [1.54, 1.807) is 6.07 Å². The van der Waals surface area contributed by atoms with Crippen LogP contribution in [0.25, 0.3) is 10.9 Å². The van der Waals surface area contributed by atoms with E-state index in [1.807, 2.05) is 0 Å². The highest BCUT2D eigenvalue weighted by Crippen LogP contribution is 2.22. The highest BCUT2D eigenvalue weighted by atomic mass is 19.4. The van der Waals surface area contributed by atoms with E-state index in [0.29, 0.717) is 5.52 Å². The zero-order valence-corrected chi connectivity index (χ0v) is 9.55. The first-order valence-corrected chi connectivity index (χ1v) is 5.32. The predicted molar refractivity (Wildman–Crippen MR) is 59.5 cm³/mol. The van der Waals surface area contributed by atoms with Crippen LogP contribution >= 0.6 is 0 Å². The van der Waals surface area contributed by atoms with Gasteiger partial charge in [0.1, 0.15) is 19.0 Å². The van der Waals surface area contributed by atoms with Gasteiger partial charge in [-0.1, -0.05) is 6.07 Å². The lowest BCUT2D eigenvalue weighted by Crippen LogP contribution is -2.20. The van der Waals surface area contributed by atoms with E-state index in [-0.39, 0.29) is 10.9 Å². The van der Waals surface area contributed by atoms with Crippen molar-refractivity contribution in [2.24, 2.45) is 0 Å². The molecule has 0 atom stereocenters. The van der Waals surface area contributed by atoms with E-state index in [4.69, 9.17) is 0 Å². The van der Waals surface area contributed by atoms with Crippen molar-refractivity contribution in [2.75, 3.05) is 13.2 Å². The summed E-state index contributed by atoms with van der Waals surface area (Å²) in [6.45, 7) is -2.26. The summed E-state index contributed by atoms with van der Waals surface area (Å²) in [6, 6.07) is 4.19. The molecule has 2 rings (SSSR count). The minimum absolute atomic E-state index is 0.0183. The van der Waals surface area contributed by atoms with Crippen LogP contribution in [0.4, 0.5) is 17.6 Å². The number of carbonyl (C=O) groups is 1. The van der Waals surface area contributed by atoms with E-state index >= 15 is 0 Å². The number of fused-ring (bicyclic) bond motifs is 1. The van der Waals surface area contributed by atoms with Crippen molar-refractivity contribution in [3.63, 3.8) is 0 Å². The summed E-state index contributed by atoms with van der Waals surface area (Å²) in [4.78, 5) is 14.4. The average Bonchev–Trinajstić information content (AvgIpc) is 2.72. The SMILES string of the molecule is O=C(COCC(F)(F)F)c1c[nH]c2cccc(F)c12. The molecule has 1 aromatic carbocycles. The number of hydrogen-bond donors (Lipinski definition) is 1. The van der Waals surface area contributed by atoms with Gasteiger partial charge in [0.05, 0.1) is 0 Å². The van der Waals surface area contributed by atoms with Gasteiger partial charge in [0.25, 0.3) is 0 Å². The number of halogens is 4. The molecule has 1 N–H and O–H groups in total. The average molecular weight is 275 g/mol. The largest absolute Gasteiger partial charge is 0.411 e. The van der Waals surface area contributed by atoms with Gasteiger partial charge in [-0.25, -0.2) is 4.39 Å². The molecule has 1 aromatic heterocycles. The highest BCUT2D eigenvalue weighted by molar-refractivity contribution is 6.08. The highest BCUT2D eigenvalue weighted by Gasteiger charge is 2.28. The molecule has 0 bridgehead atoms. The molecule has 0 saturated carbocycles. The molecule has 0 radical (unpaired) electrons. The molecule has 0 saturated heterocycles.